The minimum Gasteiger partial charge on any atom is -0.465 e. The highest BCUT2D eigenvalue weighted by atomic mass is 79.9. The highest BCUT2D eigenvalue weighted by molar-refractivity contribution is 9.09. The standard InChI is InChI=1S/C33H46BrN3O6/c1-5-9-21-42-32(41)26-27-30(39)37(19-12-10-11-13-20-38)29(33(27)22-25(34)28(26)43-33)31(40)36(18-6-2)24-16-14-23(15-17-24)35(7-3)8-4/h5-6,14-17,25-29,38H,1-2,7-13,18-22H2,3-4H3/t25?,26-,27-,28-,29?,33?/m0/s1. The van der Waals surface area contributed by atoms with Crippen molar-refractivity contribution in [1.29, 1.82) is 0 Å². The van der Waals surface area contributed by atoms with Gasteiger partial charge in [-0.1, -0.05) is 40.9 Å². The number of nitrogens with zero attached hydrogens (tertiary/aromatic N) is 3. The number of carbonyl (C=O) groups is 3. The summed E-state index contributed by atoms with van der Waals surface area (Å²) in [5.41, 5.74) is 0.622. The Bertz CT molecular complexity index is 1160. The number of esters is 1. The predicted molar refractivity (Wildman–Crippen MR) is 171 cm³/mol. The van der Waals surface area contributed by atoms with Gasteiger partial charge in [-0.15, -0.1) is 13.2 Å². The lowest BCUT2D eigenvalue weighted by molar-refractivity contribution is -0.154. The highest BCUT2D eigenvalue weighted by Gasteiger charge is 2.77. The van der Waals surface area contributed by atoms with Crippen LogP contribution in [0.25, 0.3) is 0 Å². The van der Waals surface area contributed by atoms with Crippen molar-refractivity contribution in [2.24, 2.45) is 11.8 Å². The molecular formula is C33H46BrN3O6. The molecule has 2 bridgehead atoms. The van der Waals surface area contributed by atoms with Gasteiger partial charge < -0.3 is 29.3 Å². The summed E-state index contributed by atoms with van der Waals surface area (Å²) < 4.78 is 12.2. The van der Waals surface area contributed by atoms with E-state index < -0.39 is 35.6 Å². The number of benzene rings is 1. The van der Waals surface area contributed by atoms with Gasteiger partial charge in [0.25, 0.3) is 5.91 Å². The molecule has 2 amide bonds. The monoisotopic (exact) mass is 659 g/mol. The van der Waals surface area contributed by atoms with Gasteiger partial charge in [-0.25, -0.2) is 0 Å². The van der Waals surface area contributed by atoms with Gasteiger partial charge in [-0.2, -0.15) is 0 Å². The highest BCUT2D eigenvalue weighted by Crippen LogP contribution is 2.60. The fourth-order valence-electron chi connectivity index (χ4n) is 7.04. The van der Waals surface area contributed by atoms with Gasteiger partial charge >= 0.3 is 5.97 Å². The molecule has 236 valence electrons. The number of rotatable bonds is 17. The Kier molecular flexibility index (Phi) is 11.5. The minimum atomic E-state index is -1.15. The van der Waals surface area contributed by atoms with Crippen molar-refractivity contribution in [1.82, 2.24) is 4.90 Å². The van der Waals surface area contributed by atoms with Crippen LogP contribution in [0.3, 0.4) is 0 Å². The summed E-state index contributed by atoms with van der Waals surface area (Å²) in [4.78, 5) is 47.7. The van der Waals surface area contributed by atoms with Crippen molar-refractivity contribution >= 4 is 45.1 Å². The molecule has 3 aliphatic heterocycles. The molecular weight excluding hydrogens is 614 g/mol. The fraction of sp³-hybridized carbons (Fsp3) is 0.606. The van der Waals surface area contributed by atoms with E-state index in [1.807, 2.05) is 24.3 Å². The van der Waals surface area contributed by atoms with E-state index in [1.165, 1.54) is 0 Å². The summed E-state index contributed by atoms with van der Waals surface area (Å²) in [6.45, 7) is 14.5. The van der Waals surface area contributed by atoms with Crippen LogP contribution in [-0.2, 0) is 23.9 Å². The molecule has 10 heteroatoms. The first-order valence-corrected chi connectivity index (χ1v) is 16.5. The van der Waals surface area contributed by atoms with Crippen LogP contribution in [0.2, 0.25) is 0 Å². The molecule has 1 aromatic rings. The zero-order valence-corrected chi connectivity index (χ0v) is 27.0. The van der Waals surface area contributed by atoms with Gasteiger partial charge in [-0.05, 0) is 63.8 Å². The van der Waals surface area contributed by atoms with Crippen molar-refractivity contribution in [3.63, 3.8) is 0 Å². The molecule has 1 N–H and O–H groups in total. The maximum Gasteiger partial charge on any atom is 0.312 e. The molecule has 1 spiro atoms. The number of aliphatic hydroxyl groups is 1. The molecule has 6 atom stereocenters. The van der Waals surface area contributed by atoms with E-state index in [1.54, 1.807) is 22.0 Å². The van der Waals surface area contributed by atoms with Gasteiger partial charge in [0.1, 0.15) is 11.6 Å². The number of amides is 2. The predicted octanol–water partition coefficient (Wildman–Crippen LogP) is 4.47. The van der Waals surface area contributed by atoms with Crippen molar-refractivity contribution in [2.75, 3.05) is 49.2 Å². The maximum atomic E-state index is 14.7. The average molecular weight is 661 g/mol. The molecule has 9 nitrogen and oxygen atoms in total. The lowest BCUT2D eigenvalue weighted by atomic mass is 9.70. The third-order valence-electron chi connectivity index (χ3n) is 9.04. The van der Waals surface area contributed by atoms with E-state index in [4.69, 9.17) is 9.47 Å². The molecule has 0 saturated carbocycles. The molecule has 3 unspecified atom stereocenters. The minimum absolute atomic E-state index is 0.121. The number of hydrogen-bond donors (Lipinski definition) is 1. The van der Waals surface area contributed by atoms with Crippen LogP contribution in [0, 0.1) is 11.8 Å². The third kappa shape index (κ3) is 6.42. The summed E-state index contributed by atoms with van der Waals surface area (Å²) in [5, 5.41) is 9.20. The SMILES string of the molecule is C=CCCOC(=O)[C@H]1[C@H]2C(=O)N(CCCCCCO)C(C(=O)N(CC=C)c3ccc(N(CC)CC)cc3)C23CC(Br)[C@@H]1O3. The second-order valence-electron chi connectivity index (χ2n) is 11.5. The second-order valence-corrected chi connectivity index (χ2v) is 12.7. The molecule has 3 saturated heterocycles. The first-order chi connectivity index (χ1) is 20.8. The topological polar surface area (TPSA) is 99.6 Å². The van der Waals surface area contributed by atoms with E-state index in [0.29, 0.717) is 37.9 Å². The van der Waals surface area contributed by atoms with Gasteiger partial charge in [-0.3, -0.25) is 14.4 Å². The Morgan fingerprint density at radius 1 is 1.12 bits per heavy atom. The van der Waals surface area contributed by atoms with Gasteiger partial charge in [0.15, 0.2) is 0 Å². The molecule has 3 heterocycles. The summed E-state index contributed by atoms with van der Waals surface area (Å²) in [6, 6.07) is 6.97. The number of carbonyl (C=O) groups excluding carboxylic acids is 3. The third-order valence-corrected chi connectivity index (χ3v) is 9.88. The molecule has 3 aliphatic rings. The fourth-order valence-corrected chi connectivity index (χ4v) is 7.98. The van der Waals surface area contributed by atoms with Crippen LogP contribution in [0.5, 0.6) is 0 Å². The summed E-state index contributed by atoms with van der Waals surface area (Å²) in [5.74, 6) is -2.55. The maximum absolute atomic E-state index is 14.7. The molecule has 4 rings (SSSR count). The quantitative estimate of drug-likeness (QED) is 0.114. The smallest absolute Gasteiger partial charge is 0.312 e. The molecule has 0 aromatic heterocycles. The first-order valence-electron chi connectivity index (χ1n) is 15.6. The number of hydrogen-bond acceptors (Lipinski definition) is 7. The van der Waals surface area contributed by atoms with Crippen molar-refractivity contribution < 1.29 is 29.0 Å². The van der Waals surface area contributed by atoms with Gasteiger partial charge in [0.05, 0.1) is 24.5 Å². The number of alkyl halides is 1. The van der Waals surface area contributed by atoms with E-state index in [2.05, 4.69) is 47.8 Å². The average Bonchev–Trinajstić information content (AvgIpc) is 3.60. The number of likely N-dealkylation sites (tertiary alicyclic amines) is 1. The summed E-state index contributed by atoms with van der Waals surface area (Å²) in [7, 11) is 0. The summed E-state index contributed by atoms with van der Waals surface area (Å²) >= 11 is 3.71. The Hall–Kier alpha value is -2.69. The van der Waals surface area contributed by atoms with Crippen LogP contribution in [0.4, 0.5) is 11.4 Å². The molecule has 0 radical (unpaired) electrons. The van der Waals surface area contributed by atoms with E-state index in [0.717, 1.165) is 31.6 Å². The van der Waals surface area contributed by atoms with E-state index in [-0.39, 0.29) is 36.4 Å². The number of halogens is 1. The number of ether oxygens (including phenoxy) is 2. The molecule has 1 aromatic carbocycles. The van der Waals surface area contributed by atoms with Crippen molar-refractivity contribution in [2.45, 2.75) is 74.9 Å². The zero-order chi connectivity index (χ0) is 31.1. The van der Waals surface area contributed by atoms with Crippen molar-refractivity contribution in [3.05, 3.63) is 49.6 Å². The number of anilines is 2. The Labute approximate surface area is 264 Å². The van der Waals surface area contributed by atoms with Crippen LogP contribution < -0.4 is 9.80 Å². The zero-order valence-electron chi connectivity index (χ0n) is 25.5. The lowest BCUT2D eigenvalue weighted by Gasteiger charge is -2.37. The summed E-state index contributed by atoms with van der Waals surface area (Å²) in [6.07, 6.45) is 6.74. The Balaban J connectivity index is 1.69. The second kappa shape index (κ2) is 14.9. The molecule has 0 aliphatic carbocycles. The molecule has 3 fully saturated rings. The van der Waals surface area contributed by atoms with E-state index in [9.17, 15) is 19.5 Å². The van der Waals surface area contributed by atoms with Crippen LogP contribution in [0.15, 0.2) is 49.6 Å². The lowest BCUT2D eigenvalue weighted by Crippen LogP contribution is -2.57. The van der Waals surface area contributed by atoms with E-state index >= 15 is 0 Å². The van der Waals surface area contributed by atoms with Gasteiger partial charge in [0.2, 0.25) is 5.91 Å². The largest absolute Gasteiger partial charge is 0.465 e. The van der Waals surface area contributed by atoms with Crippen molar-refractivity contribution in [3.8, 4) is 0 Å². The Morgan fingerprint density at radius 3 is 2.42 bits per heavy atom. The Morgan fingerprint density at radius 2 is 1.79 bits per heavy atom. The molecule has 43 heavy (non-hydrogen) atoms. The number of unbranched alkanes of at least 4 members (excludes halogenated alkanes) is 3. The van der Waals surface area contributed by atoms with Crippen LogP contribution in [0.1, 0.15) is 52.4 Å². The normalized spacial score (nSPS) is 27.2. The van der Waals surface area contributed by atoms with Gasteiger partial charge in [0, 0.05) is 49.0 Å². The van der Waals surface area contributed by atoms with Crippen LogP contribution >= 0.6 is 15.9 Å². The number of aliphatic hydroxyl groups excluding tert-OH is 1. The number of fused-ring (bicyclic) bond motifs is 1. The van der Waals surface area contributed by atoms with Crippen LogP contribution in [-0.4, -0.2) is 89.8 Å². The first kappa shape index (κ1) is 33.2.